The van der Waals surface area contributed by atoms with Crippen molar-refractivity contribution in [2.24, 2.45) is 0 Å². The van der Waals surface area contributed by atoms with Crippen molar-refractivity contribution in [2.45, 2.75) is 0 Å². The summed E-state index contributed by atoms with van der Waals surface area (Å²) < 4.78 is 4.46. The van der Waals surface area contributed by atoms with Gasteiger partial charge in [0.2, 0.25) is 0 Å². The molecule has 0 spiro atoms. The van der Waals surface area contributed by atoms with Crippen molar-refractivity contribution in [3.8, 4) is 11.1 Å². The van der Waals surface area contributed by atoms with Crippen LogP contribution >= 0.6 is 11.5 Å². The average molecular weight is 315 g/mol. The maximum Gasteiger partial charge on any atom is 0.138 e. The Hall–Kier alpha value is -2.02. The van der Waals surface area contributed by atoms with Crippen LogP contribution < -0.4 is 4.90 Å². The van der Waals surface area contributed by atoms with Crippen LogP contribution in [-0.4, -0.2) is 45.9 Å². The third-order valence-corrected chi connectivity index (χ3v) is 4.35. The second-order valence-electron chi connectivity index (χ2n) is 4.88. The van der Waals surface area contributed by atoms with Crippen LogP contribution in [0, 0.1) is 0 Å². The van der Waals surface area contributed by atoms with Crippen molar-refractivity contribution < 1.29 is 10.2 Å². The molecule has 0 amide bonds. The van der Waals surface area contributed by atoms with Crippen molar-refractivity contribution in [1.29, 1.82) is 0 Å². The van der Waals surface area contributed by atoms with Gasteiger partial charge >= 0.3 is 0 Å². The molecule has 0 aliphatic heterocycles. The maximum absolute atomic E-state index is 9.17. The molecule has 0 aliphatic rings. The number of aliphatic hydroxyl groups is 2. The minimum Gasteiger partial charge on any atom is -0.395 e. The monoisotopic (exact) mass is 315 g/mol. The molecule has 0 fully saturated rings. The van der Waals surface area contributed by atoms with E-state index in [0.29, 0.717) is 13.1 Å². The van der Waals surface area contributed by atoms with Crippen molar-refractivity contribution in [3.05, 3.63) is 42.6 Å². The molecule has 2 aromatic heterocycles. The van der Waals surface area contributed by atoms with Crippen molar-refractivity contribution in [3.63, 3.8) is 0 Å². The SMILES string of the molecule is OCCN(CCO)c1snc2cc(-c3ccccc3)cnc12. The van der Waals surface area contributed by atoms with Gasteiger partial charge in [-0.2, -0.15) is 4.37 Å². The molecule has 0 radical (unpaired) electrons. The van der Waals surface area contributed by atoms with Crippen LogP contribution in [0.15, 0.2) is 42.6 Å². The highest BCUT2D eigenvalue weighted by Gasteiger charge is 2.15. The summed E-state index contributed by atoms with van der Waals surface area (Å²) in [7, 11) is 0. The summed E-state index contributed by atoms with van der Waals surface area (Å²) in [5, 5.41) is 19.2. The van der Waals surface area contributed by atoms with Crippen LogP contribution in [-0.2, 0) is 0 Å². The van der Waals surface area contributed by atoms with Crippen LogP contribution in [0.5, 0.6) is 0 Å². The van der Waals surface area contributed by atoms with E-state index in [1.54, 1.807) is 0 Å². The summed E-state index contributed by atoms with van der Waals surface area (Å²) in [5.41, 5.74) is 3.78. The molecule has 5 nitrogen and oxygen atoms in total. The minimum absolute atomic E-state index is 0.0293. The Morgan fingerprint density at radius 3 is 2.41 bits per heavy atom. The van der Waals surface area contributed by atoms with E-state index in [4.69, 9.17) is 10.2 Å². The lowest BCUT2D eigenvalue weighted by Crippen LogP contribution is -2.29. The molecule has 114 valence electrons. The summed E-state index contributed by atoms with van der Waals surface area (Å²) in [6.45, 7) is 0.975. The van der Waals surface area contributed by atoms with Crippen molar-refractivity contribution >= 4 is 27.6 Å². The Morgan fingerprint density at radius 2 is 1.73 bits per heavy atom. The lowest BCUT2D eigenvalue weighted by Gasteiger charge is -2.20. The van der Waals surface area contributed by atoms with E-state index < -0.39 is 0 Å². The second kappa shape index (κ2) is 6.83. The number of nitrogens with zero attached hydrogens (tertiary/aromatic N) is 3. The summed E-state index contributed by atoms with van der Waals surface area (Å²) in [6.07, 6.45) is 1.84. The first-order valence-corrected chi connectivity index (χ1v) is 7.88. The standard InChI is InChI=1S/C16H17N3O2S/c20-8-6-19(7-9-21)16-15-14(18-22-16)10-13(11-17-15)12-4-2-1-3-5-12/h1-5,10-11,20-21H,6-9H2. The summed E-state index contributed by atoms with van der Waals surface area (Å²) in [4.78, 5) is 6.46. The molecule has 0 saturated heterocycles. The first kappa shape index (κ1) is 14.9. The van der Waals surface area contributed by atoms with Gasteiger partial charge in [-0.15, -0.1) is 0 Å². The van der Waals surface area contributed by atoms with Gasteiger partial charge in [0.25, 0.3) is 0 Å². The Bertz CT molecular complexity index is 739. The number of benzene rings is 1. The number of anilines is 1. The fourth-order valence-corrected chi connectivity index (χ4v) is 3.24. The van der Waals surface area contributed by atoms with E-state index in [-0.39, 0.29) is 13.2 Å². The zero-order valence-electron chi connectivity index (χ0n) is 12.0. The van der Waals surface area contributed by atoms with Crippen molar-refractivity contribution in [2.75, 3.05) is 31.2 Å². The van der Waals surface area contributed by atoms with Crippen LogP contribution in [0.1, 0.15) is 0 Å². The number of pyridine rings is 1. The second-order valence-corrected chi connectivity index (χ2v) is 5.63. The largest absolute Gasteiger partial charge is 0.395 e. The summed E-state index contributed by atoms with van der Waals surface area (Å²) in [6, 6.07) is 12.1. The van der Waals surface area contributed by atoms with Gasteiger partial charge in [0.1, 0.15) is 16.0 Å². The number of fused-ring (bicyclic) bond motifs is 1. The van der Waals surface area contributed by atoms with E-state index >= 15 is 0 Å². The average Bonchev–Trinajstić information content (AvgIpc) is 2.98. The number of aromatic nitrogens is 2. The molecule has 0 aliphatic carbocycles. The molecule has 22 heavy (non-hydrogen) atoms. The van der Waals surface area contributed by atoms with Crippen LogP contribution in [0.2, 0.25) is 0 Å². The fraction of sp³-hybridized carbons (Fsp3) is 0.250. The highest BCUT2D eigenvalue weighted by Crippen LogP contribution is 2.31. The van der Waals surface area contributed by atoms with Gasteiger partial charge in [-0.25, -0.2) is 0 Å². The zero-order chi connectivity index (χ0) is 15.4. The molecule has 0 unspecified atom stereocenters. The molecule has 1 aromatic carbocycles. The van der Waals surface area contributed by atoms with Gasteiger partial charge in [-0.05, 0) is 23.2 Å². The van der Waals surface area contributed by atoms with E-state index in [2.05, 4.69) is 9.36 Å². The molecular weight excluding hydrogens is 298 g/mol. The zero-order valence-corrected chi connectivity index (χ0v) is 12.8. The Balaban J connectivity index is 1.99. The van der Waals surface area contributed by atoms with Crippen LogP contribution in [0.4, 0.5) is 5.00 Å². The Kier molecular flexibility index (Phi) is 4.62. The highest BCUT2D eigenvalue weighted by atomic mass is 32.1. The molecule has 3 aromatic rings. The lowest BCUT2D eigenvalue weighted by molar-refractivity contribution is 0.281. The van der Waals surface area contributed by atoms with E-state index in [1.807, 2.05) is 47.5 Å². The van der Waals surface area contributed by atoms with Crippen molar-refractivity contribution in [1.82, 2.24) is 9.36 Å². The molecule has 0 bridgehead atoms. The topological polar surface area (TPSA) is 69.5 Å². The number of rotatable bonds is 6. The van der Waals surface area contributed by atoms with Gasteiger partial charge in [-0.3, -0.25) is 4.98 Å². The minimum atomic E-state index is 0.0293. The normalized spacial score (nSPS) is 11.0. The van der Waals surface area contributed by atoms with Gasteiger partial charge in [-0.1, -0.05) is 30.3 Å². The molecule has 2 N–H and O–H groups in total. The van der Waals surface area contributed by atoms with E-state index in [9.17, 15) is 0 Å². The van der Waals surface area contributed by atoms with Gasteiger partial charge < -0.3 is 15.1 Å². The van der Waals surface area contributed by atoms with Gasteiger partial charge in [0.05, 0.1) is 13.2 Å². The van der Waals surface area contributed by atoms with Crippen LogP contribution in [0.3, 0.4) is 0 Å². The Morgan fingerprint density at radius 1 is 1.00 bits per heavy atom. The summed E-state index contributed by atoms with van der Waals surface area (Å²) >= 11 is 1.35. The van der Waals surface area contributed by atoms with Gasteiger partial charge in [0.15, 0.2) is 0 Å². The molecule has 3 rings (SSSR count). The smallest absolute Gasteiger partial charge is 0.138 e. The number of aliphatic hydroxyl groups excluding tert-OH is 2. The lowest BCUT2D eigenvalue weighted by atomic mass is 10.1. The molecular formula is C16H17N3O2S. The van der Waals surface area contributed by atoms with Gasteiger partial charge in [0, 0.05) is 24.8 Å². The molecule has 2 heterocycles. The third kappa shape index (κ3) is 2.94. The quantitative estimate of drug-likeness (QED) is 0.729. The maximum atomic E-state index is 9.17. The first-order chi connectivity index (χ1) is 10.8. The molecule has 6 heteroatoms. The Labute approximate surface area is 132 Å². The number of hydrogen-bond donors (Lipinski definition) is 2. The van der Waals surface area contributed by atoms with E-state index in [0.717, 1.165) is 27.2 Å². The molecule has 0 saturated carbocycles. The van der Waals surface area contributed by atoms with Crippen LogP contribution in [0.25, 0.3) is 22.2 Å². The summed E-state index contributed by atoms with van der Waals surface area (Å²) in [5.74, 6) is 0. The highest BCUT2D eigenvalue weighted by molar-refractivity contribution is 7.11. The first-order valence-electron chi connectivity index (χ1n) is 7.11. The number of hydrogen-bond acceptors (Lipinski definition) is 6. The fourth-order valence-electron chi connectivity index (χ4n) is 2.38. The predicted molar refractivity (Wildman–Crippen MR) is 89.2 cm³/mol. The predicted octanol–water partition coefficient (Wildman–Crippen LogP) is 2.15. The molecule has 0 atom stereocenters. The third-order valence-electron chi connectivity index (χ3n) is 3.43. The van der Waals surface area contributed by atoms with E-state index in [1.165, 1.54) is 11.5 Å².